The van der Waals surface area contributed by atoms with Gasteiger partial charge in [-0.3, -0.25) is 4.79 Å². The zero-order valence-corrected chi connectivity index (χ0v) is 12.3. The monoisotopic (exact) mass is 345 g/mol. The molecule has 0 fully saturated rings. The molecule has 1 rings (SSSR count). The minimum Gasteiger partial charge on any atom is -0.346 e. The molecule has 1 aromatic rings. The lowest BCUT2D eigenvalue weighted by Crippen LogP contribution is -2.41. The number of carbonyl (C=O) groups excluding carboxylic acids is 1. The van der Waals surface area contributed by atoms with E-state index in [1.54, 1.807) is 5.32 Å². The van der Waals surface area contributed by atoms with Crippen molar-refractivity contribution in [3.05, 3.63) is 23.5 Å². The molecule has 0 aromatic carbocycles. The van der Waals surface area contributed by atoms with Gasteiger partial charge in [-0.2, -0.15) is 17.5 Å². The summed E-state index contributed by atoms with van der Waals surface area (Å²) in [6.07, 6.45) is -3.57. The number of likely N-dealkylation sites (N-methyl/N-ethyl adjacent to an activating group) is 1. The van der Waals surface area contributed by atoms with E-state index in [2.05, 4.69) is 4.98 Å². The smallest absolute Gasteiger partial charge is 0.346 e. The maximum atomic E-state index is 12.0. The Morgan fingerprint density at radius 1 is 1.43 bits per heavy atom. The zero-order valence-electron chi connectivity index (χ0n) is 10.7. The summed E-state index contributed by atoms with van der Waals surface area (Å²) in [5.41, 5.74) is 0. The van der Waals surface area contributed by atoms with Crippen LogP contribution >= 0.6 is 11.6 Å². The molecule has 0 aliphatic carbocycles. The van der Waals surface area contributed by atoms with Crippen LogP contribution in [-0.2, 0) is 14.8 Å². The molecular formula is C10H11ClF3N3O3S. The summed E-state index contributed by atoms with van der Waals surface area (Å²) in [7, 11) is -2.97. The number of aromatic nitrogens is 1. The van der Waals surface area contributed by atoms with E-state index in [0.29, 0.717) is 4.31 Å². The zero-order chi connectivity index (χ0) is 16.3. The molecule has 6 nitrogen and oxygen atoms in total. The van der Waals surface area contributed by atoms with E-state index >= 15 is 0 Å². The van der Waals surface area contributed by atoms with Gasteiger partial charge >= 0.3 is 6.18 Å². The second kappa shape index (κ2) is 6.58. The summed E-state index contributed by atoms with van der Waals surface area (Å²) < 4.78 is 60.4. The van der Waals surface area contributed by atoms with Gasteiger partial charge in [0.15, 0.2) is 0 Å². The average molecular weight is 346 g/mol. The standard InChI is InChI=1S/C10H11ClF3N3O3S/c1-17(5-9(18)16-6-10(12,13)14)21(19,20)7-2-3-8(11)15-4-7/h2-4H,5-6H2,1H3,(H,16,18). The molecule has 0 radical (unpaired) electrons. The Hall–Kier alpha value is -1.39. The molecule has 21 heavy (non-hydrogen) atoms. The Morgan fingerprint density at radius 3 is 2.52 bits per heavy atom. The maximum absolute atomic E-state index is 12.0. The first-order valence-electron chi connectivity index (χ1n) is 5.44. The Kier molecular flexibility index (Phi) is 5.54. The fourth-order valence-electron chi connectivity index (χ4n) is 1.24. The lowest BCUT2D eigenvalue weighted by atomic mass is 10.5. The van der Waals surface area contributed by atoms with Crippen LogP contribution in [0.3, 0.4) is 0 Å². The van der Waals surface area contributed by atoms with E-state index in [4.69, 9.17) is 11.6 Å². The quantitative estimate of drug-likeness (QED) is 0.809. The molecular weight excluding hydrogens is 335 g/mol. The molecule has 1 N–H and O–H groups in total. The van der Waals surface area contributed by atoms with Gasteiger partial charge in [-0.15, -0.1) is 0 Å². The molecule has 0 atom stereocenters. The highest BCUT2D eigenvalue weighted by atomic mass is 35.5. The molecule has 11 heteroatoms. The normalized spacial score (nSPS) is 12.5. The Labute approximate surface area is 124 Å². The van der Waals surface area contributed by atoms with Gasteiger partial charge in [0.2, 0.25) is 15.9 Å². The van der Waals surface area contributed by atoms with Gasteiger partial charge in [0.25, 0.3) is 0 Å². The summed E-state index contributed by atoms with van der Waals surface area (Å²) in [5.74, 6) is -1.07. The third kappa shape index (κ3) is 5.48. The fraction of sp³-hybridized carbons (Fsp3) is 0.400. The Morgan fingerprint density at radius 2 is 2.05 bits per heavy atom. The van der Waals surface area contributed by atoms with Gasteiger partial charge in [-0.25, -0.2) is 13.4 Å². The molecule has 0 aliphatic rings. The predicted molar refractivity (Wildman–Crippen MR) is 68.1 cm³/mol. The topological polar surface area (TPSA) is 79.4 Å². The molecule has 0 unspecified atom stereocenters. The number of sulfonamides is 1. The number of hydrogen-bond donors (Lipinski definition) is 1. The first-order valence-corrected chi connectivity index (χ1v) is 7.25. The van der Waals surface area contributed by atoms with Crippen molar-refractivity contribution in [1.82, 2.24) is 14.6 Å². The van der Waals surface area contributed by atoms with Crippen LogP contribution in [0.25, 0.3) is 0 Å². The average Bonchev–Trinajstić information content (AvgIpc) is 2.36. The van der Waals surface area contributed by atoms with Crippen LogP contribution in [0.4, 0.5) is 13.2 Å². The Balaban J connectivity index is 2.72. The van der Waals surface area contributed by atoms with Crippen molar-refractivity contribution in [2.75, 3.05) is 20.1 Å². The van der Waals surface area contributed by atoms with E-state index in [1.165, 1.54) is 12.1 Å². The molecule has 0 saturated heterocycles. The van der Waals surface area contributed by atoms with E-state index in [1.807, 2.05) is 0 Å². The van der Waals surface area contributed by atoms with Crippen LogP contribution in [0.2, 0.25) is 5.15 Å². The summed E-state index contributed by atoms with van der Waals surface area (Å²) in [6.45, 7) is -2.27. The minimum absolute atomic E-state index is 0.0829. The van der Waals surface area contributed by atoms with Gasteiger partial charge in [0, 0.05) is 13.2 Å². The van der Waals surface area contributed by atoms with Gasteiger partial charge in [0.1, 0.15) is 16.6 Å². The van der Waals surface area contributed by atoms with Gasteiger partial charge in [-0.05, 0) is 12.1 Å². The van der Waals surface area contributed by atoms with Crippen LogP contribution in [0.15, 0.2) is 23.2 Å². The molecule has 1 aromatic heterocycles. The van der Waals surface area contributed by atoms with E-state index in [9.17, 15) is 26.4 Å². The third-order valence-electron chi connectivity index (χ3n) is 2.26. The first kappa shape index (κ1) is 17.7. The maximum Gasteiger partial charge on any atom is 0.405 e. The number of alkyl halides is 3. The summed E-state index contributed by atoms with van der Waals surface area (Å²) in [6, 6.07) is 2.42. The van der Waals surface area contributed by atoms with Crippen LogP contribution in [0.1, 0.15) is 0 Å². The highest BCUT2D eigenvalue weighted by Gasteiger charge is 2.29. The fourth-order valence-corrected chi connectivity index (χ4v) is 2.42. The number of rotatable bonds is 5. The van der Waals surface area contributed by atoms with Crippen LogP contribution in [-0.4, -0.2) is 49.9 Å². The van der Waals surface area contributed by atoms with E-state index < -0.39 is 35.2 Å². The van der Waals surface area contributed by atoms with Crippen molar-refractivity contribution in [3.8, 4) is 0 Å². The van der Waals surface area contributed by atoms with Crippen molar-refractivity contribution >= 4 is 27.5 Å². The van der Waals surface area contributed by atoms with Gasteiger partial charge in [0.05, 0.1) is 6.54 Å². The number of halogens is 4. The van der Waals surface area contributed by atoms with Crippen molar-refractivity contribution in [1.29, 1.82) is 0 Å². The second-order valence-corrected chi connectivity index (χ2v) is 6.40. The third-order valence-corrected chi connectivity index (χ3v) is 4.27. The summed E-state index contributed by atoms with van der Waals surface area (Å²) in [4.78, 5) is 14.6. The van der Waals surface area contributed by atoms with Crippen LogP contribution in [0.5, 0.6) is 0 Å². The van der Waals surface area contributed by atoms with Crippen molar-refractivity contribution < 1.29 is 26.4 Å². The molecule has 1 heterocycles. The summed E-state index contributed by atoms with van der Waals surface area (Å²) >= 11 is 5.52. The number of nitrogens with zero attached hydrogens (tertiary/aromatic N) is 2. The lowest BCUT2D eigenvalue weighted by Gasteiger charge is -2.17. The number of amides is 1. The van der Waals surface area contributed by atoms with E-state index in [-0.39, 0.29) is 10.0 Å². The molecule has 0 bridgehead atoms. The molecule has 0 spiro atoms. The summed E-state index contributed by atoms with van der Waals surface area (Å²) in [5, 5.41) is 1.66. The first-order chi connectivity index (χ1) is 9.52. The second-order valence-electron chi connectivity index (χ2n) is 3.97. The highest BCUT2D eigenvalue weighted by Crippen LogP contribution is 2.15. The van der Waals surface area contributed by atoms with E-state index in [0.717, 1.165) is 13.2 Å². The SMILES string of the molecule is CN(CC(=O)NCC(F)(F)F)S(=O)(=O)c1ccc(Cl)nc1. The lowest BCUT2D eigenvalue weighted by molar-refractivity contribution is -0.138. The minimum atomic E-state index is -4.56. The van der Waals surface area contributed by atoms with Crippen molar-refractivity contribution in [2.24, 2.45) is 0 Å². The number of hydrogen-bond acceptors (Lipinski definition) is 4. The molecule has 0 saturated carbocycles. The van der Waals surface area contributed by atoms with Crippen LogP contribution < -0.4 is 5.32 Å². The molecule has 1 amide bonds. The number of pyridine rings is 1. The number of nitrogens with one attached hydrogen (secondary N) is 1. The van der Waals surface area contributed by atoms with Crippen molar-refractivity contribution in [3.63, 3.8) is 0 Å². The van der Waals surface area contributed by atoms with Crippen molar-refractivity contribution in [2.45, 2.75) is 11.1 Å². The highest BCUT2D eigenvalue weighted by molar-refractivity contribution is 7.89. The van der Waals surface area contributed by atoms with Gasteiger partial charge in [-0.1, -0.05) is 11.6 Å². The predicted octanol–water partition coefficient (Wildman–Crippen LogP) is 1.03. The molecule has 0 aliphatic heterocycles. The number of carbonyl (C=O) groups is 1. The largest absolute Gasteiger partial charge is 0.405 e. The van der Waals surface area contributed by atoms with Crippen LogP contribution in [0, 0.1) is 0 Å². The Bertz CT molecular complexity index is 604. The van der Waals surface area contributed by atoms with Gasteiger partial charge < -0.3 is 5.32 Å². The molecule has 118 valence electrons.